The molecule has 2 aromatic carbocycles. The molecule has 0 aliphatic carbocycles. The molecular weight excluding hydrogens is 360 g/mol. The highest BCUT2D eigenvalue weighted by molar-refractivity contribution is 7.88. The van der Waals surface area contributed by atoms with E-state index in [0.717, 1.165) is 36.6 Å². The molecule has 0 aliphatic rings. The second kappa shape index (κ2) is 10.7. The summed E-state index contributed by atoms with van der Waals surface area (Å²) in [5.74, 6) is 0.756. The predicted molar refractivity (Wildman–Crippen MR) is 111 cm³/mol. The Balaban J connectivity index is 1.89. The summed E-state index contributed by atoms with van der Waals surface area (Å²) in [5.41, 5.74) is 3.07. The van der Waals surface area contributed by atoms with Gasteiger partial charge in [-0.25, -0.2) is 18.1 Å². The van der Waals surface area contributed by atoms with Crippen molar-refractivity contribution in [3.8, 4) is 0 Å². The molecule has 3 N–H and O–H groups in total. The largest absolute Gasteiger partial charge is 0.357 e. The second-order valence-corrected chi connectivity index (χ2v) is 8.06. The van der Waals surface area contributed by atoms with Crippen molar-refractivity contribution in [3.05, 3.63) is 71.3 Å². The van der Waals surface area contributed by atoms with E-state index in [1.54, 1.807) is 0 Å². The predicted octanol–water partition coefficient (Wildman–Crippen LogP) is 2.03. The average Bonchev–Trinajstić information content (AvgIpc) is 2.68. The summed E-state index contributed by atoms with van der Waals surface area (Å²) < 4.78 is 25.5. The van der Waals surface area contributed by atoms with Crippen molar-refractivity contribution in [2.24, 2.45) is 4.99 Å². The Morgan fingerprint density at radius 2 is 1.59 bits per heavy atom. The number of sulfonamides is 1. The summed E-state index contributed by atoms with van der Waals surface area (Å²) in [6, 6.07) is 17.8. The van der Waals surface area contributed by atoms with Crippen LogP contribution in [0.5, 0.6) is 0 Å². The van der Waals surface area contributed by atoms with Gasteiger partial charge in [-0.05, 0) is 37.1 Å². The molecular formula is C20H28N4O2S. The highest BCUT2D eigenvalue weighted by atomic mass is 32.2. The molecule has 0 aliphatic heterocycles. The molecule has 6 nitrogen and oxygen atoms in total. The van der Waals surface area contributed by atoms with E-state index in [2.05, 4.69) is 32.5 Å². The smallest absolute Gasteiger partial charge is 0.215 e. The summed E-state index contributed by atoms with van der Waals surface area (Å²) in [4.78, 5) is 4.60. The van der Waals surface area contributed by atoms with Gasteiger partial charge < -0.3 is 10.6 Å². The molecule has 0 spiro atoms. The number of aliphatic imine (C=N–C) groups is 1. The molecule has 0 atom stereocenters. The Hall–Kier alpha value is -2.38. The lowest BCUT2D eigenvalue weighted by Crippen LogP contribution is -2.38. The van der Waals surface area contributed by atoms with Crippen LogP contribution in [0.15, 0.2) is 59.6 Å². The maximum Gasteiger partial charge on any atom is 0.215 e. The highest BCUT2D eigenvalue weighted by Crippen LogP contribution is 2.08. The van der Waals surface area contributed by atoms with Crippen LogP contribution in [0.4, 0.5) is 0 Å². The Morgan fingerprint density at radius 1 is 0.926 bits per heavy atom. The van der Waals surface area contributed by atoms with Crippen LogP contribution in [0.25, 0.3) is 0 Å². The lowest BCUT2D eigenvalue weighted by atomic mass is 10.1. The SMILES string of the molecule is CCNC(=NCc1ccc(CS(=O)(=O)NC)cc1)NCCc1ccccc1. The molecule has 0 saturated carbocycles. The zero-order chi connectivity index (χ0) is 19.5. The van der Waals surface area contributed by atoms with Crippen molar-refractivity contribution in [3.63, 3.8) is 0 Å². The van der Waals surface area contributed by atoms with Gasteiger partial charge in [0.05, 0.1) is 12.3 Å². The van der Waals surface area contributed by atoms with E-state index in [-0.39, 0.29) is 5.75 Å². The first kappa shape index (κ1) is 20.9. The summed E-state index contributed by atoms with van der Waals surface area (Å²) >= 11 is 0. The molecule has 0 unspecified atom stereocenters. The first-order valence-electron chi connectivity index (χ1n) is 9.07. The molecule has 7 heteroatoms. The molecule has 0 heterocycles. The maximum atomic E-state index is 11.6. The summed E-state index contributed by atoms with van der Waals surface area (Å²) in [6.07, 6.45) is 0.930. The Labute approximate surface area is 162 Å². The van der Waals surface area contributed by atoms with Crippen molar-refractivity contribution in [2.75, 3.05) is 20.1 Å². The van der Waals surface area contributed by atoms with Gasteiger partial charge in [-0.15, -0.1) is 0 Å². The van der Waals surface area contributed by atoms with E-state index in [0.29, 0.717) is 6.54 Å². The Bertz CT molecular complexity index is 819. The van der Waals surface area contributed by atoms with Crippen LogP contribution in [-0.4, -0.2) is 34.5 Å². The highest BCUT2D eigenvalue weighted by Gasteiger charge is 2.08. The van der Waals surface area contributed by atoms with Gasteiger partial charge in [0.15, 0.2) is 5.96 Å². The third-order valence-electron chi connectivity index (χ3n) is 4.00. The molecule has 0 aromatic heterocycles. The van der Waals surface area contributed by atoms with Gasteiger partial charge in [0.25, 0.3) is 0 Å². The molecule has 27 heavy (non-hydrogen) atoms. The minimum Gasteiger partial charge on any atom is -0.357 e. The number of guanidine groups is 1. The van der Waals surface area contributed by atoms with Crippen LogP contribution in [0, 0.1) is 0 Å². The van der Waals surface area contributed by atoms with E-state index in [1.165, 1.54) is 12.6 Å². The lowest BCUT2D eigenvalue weighted by molar-refractivity contribution is 0.587. The zero-order valence-corrected chi connectivity index (χ0v) is 16.7. The van der Waals surface area contributed by atoms with Crippen LogP contribution in [0.3, 0.4) is 0 Å². The standard InChI is InChI=1S/C20H28N4O2S/c1-3-22-20(23-14-13-17-7-5-4-6-8-17)24-15-18-9-11-19(12-10-18)16-27(25,26)21-2/h4-12,21H,3,13-16H2,1-2H3,(H2,22,23,24). The normalized spacial score (nSPS) is 12.0. The van der Waals surface area contributed by atoms with E-state index in [4.69, 9.17) is 0 Å². The van der Waals surface area contributed by atoms with E-state index in [9.17, 15) is 8.42 Å². The van der Waals surface area contributed by atoms with Gasteiger partial charge in [0.2, 0.25) is 10.0 Å². The van der Waals surface area contributed by atoms with Crippen molar-refractivity contribution >= 4 is 16.0 Å². The van der Waals surface area contributed by atoms with Crippen LogP contribution < -0.4 is 15.4 Å². The first-order chi connectivity index (χ1) is 13.0. The minimum atomic E-state index is -3.25. The van der Waals surface area contributed by atoms with Gasteiger partial charge in [0.1, 0.15) is 0 Å². The number of benzene rings is 2. The fourth-order valence-electron chi connectivity index (χ4n) is 2.51. The third-order valence-corrected chi connectivity index (χ3v) is 5.34. The molecule has 0 radical (unpaired) electrons. The molecule has 2 rings (SSSR count). The zero-order valence-electron chi connectivity index (χ0n) is 15.9. The molecule has 146 valence electrons. The summed E-state index contributed by atoms with van der Waals surface area (Å²) in [5, 5.41) is 6.58. The second-order valence-electron chi connectivity index (χ2n) is 6.14. The molecule has 2 aromatic rings. The van der Waals surface area contributed by atoms with E-state index >= 15 is 0 Å². The van der Waals surface area contributed by atoms with Crippen LogP contribution in [0.1, 0.15) is 23.6 Å². The van der Waals surface area contributed by atoms with Gasteiger partial charge in [0, 0.05) is 13.1 Å². The number of nitrogens with one attached hydrogen (secondary N) is 3. The average molecular weight is 389 g/mol. The van der Waals surface area contributed by atoms with Gasteiger partial charge in [-0.2, -0.15) is 0 Å². The molecule has 0 fully saturated rings. The van der Waals surface area contributed by atoms with Crippen molar-refractivity contribution in [2.45, 2.75) is 25.6 Å². The fourth-order valence-corrected chi connectivity index (χ4v) is 3.29. The van der Waals surface area contributed by atoms with Crippen molar-refractivity contribution in [1.29, 1.82) is 0 Å². The molecule has 0 saturated heterocycles. The number of hydrogen-bond donors (Lipinski definition) is 3. The summed E-state index contributed by atoms with van der Waals surface area (Å²) in [6.45, 7) is 4.15. The number of nitrogens with zero attached hydrogens (tertiary/aromatic N) is 1. The van der Waals surface area contributed by atoms with Crippen LogP contribution in [-0.2, 0) is 28.7 Å². The molecule has 0 bridgehead atoms. The van der Waals surface area contributed by atoms with E-state index in [1.807, 2.05) is 49.4 Å². The van der Waals surface area contributed by atoms with Crippen molar-refractivity contribution in [1.82, 2.24) is 15.4 Å². The Morgan fingerprint density at radius 3 is 2.22 bits per heavy atom. The van der Waals surface area contributed by atoms with Crippen LogP contribution in [0.2, 0.25) is 0 Å². The van der Waals surface area contributed by atoms with E-state index < -0.39 is 10.0 Å². The lowest BCUT2D eigenvalue weighted by Gasteiger charge is -2.11. The van der Waals surface area contributed by atoms with Gasteiger partial charge in [-0.1, -0.05) is 54.6 Å². The summed E-state index contributed by atoms with van der Waals surface area (Å²) in [7, 11) is -1.83. The quantitative estimate of drug-likeness (QED) is 0.453. The van der Waals surface area contributed by atoms with Gasteiger partial charge >= 0.3 is 0 Å². The number of hydrogen-bond acceptors (Lipinski definition) is 3. The first-order valence-corrected chi connectivity index (χ1v) is 10.7. The van der Waals surface area contributed by atoms with Crippen LogP contribution >= 0.6 is 0 Å². The fraction of sp³-hybridized carbons (Fsp3) is 0.350. The monoisotopic (exact) mass is 388 g/mol. The maximum absolute atomic E-state index is 11.6. The Kier molecular flexibility index (Phi) is 8.29. The van der Waals surface area contributed by atoms with Crippen molar-refractivity contribution < 1.29 is 8.42 Å². The third kappa shape index (κ3) is 7.80. The molecule has 0 amide bonds. The van der Waals surface area contributed by atoms with Gasteiger partial charge in [-0.3, -0.25) is 0 Å². The number of rotatable bonds is 9. The topological polar surface area (TPSA) is 82.6 Å². The minimum absolute atomic E-state index is 0.0171.